The van der Waals surface area contributed by atoms with Crippen molar-refractivity contribution in [3.05, 3.63) is 29.3 Å². The van der Waals surface area contributed by atoms with E-state index >= 15 is 0 Å². The molecule has 0 saturated heterocycles. The maximum absolute atomic E-state index is 12.6. The van der Waals surface area contributed by atoms with Crippen molar-refractivity contribution in [1.29, 1.82) is 0 Å². The Labute approximate surface area is 92.2 Å². The van der Waals surface area contributed by atoms with E-state index in [2.05, 4.69) is 4.74 Å². The van der Waals surface area contributed by atoms with E-state index in [1.54, 1.807) is 6.07 Å². The number of nitrogens with two attached hydrogens (primary N) is 1. The first kappa shape index (κ1) is 12.8. The lowest BCUT2D eigenvalue weighted by atomic mass is 10.1. The van der Waals surface area contributed by atoms with Crippen molar-refractivity contribution in [2.24, 2.45) is 5.73 Å². The molecule has 0 aliphatic carbocycles. The van der Waals surface area contributed by atoms with E-state index < -0.39 is 11.7 Å². The minimum Gasteiger partial charge on any atom is -0.496 e. The van der Waals surface area contributed by atoms with Gasteiger partial charge in [0.25, 0.3) is 0 Å². The van der Waals surface area contributed by atoms with E-state index in [0.717, 1.165) is 6.07 Å². The summed E-state index contributed by atoms with van der Waals surface area (Å²) in [6, 6.07) is 4.09. The van der Waals surface area contributed by atoms with Crippen molar-refractivity contribution >= 4 is 0 Å². The van der Waals surface area contributed by atoms with Crippen LogP contribution in [-0.4, -0.2) is 13.7 Å². The molecule has 0 saturated carbocycles. The number of rotatable bonds is 4. The quantitative estimate of drug-likeness (QED) is 0.867. The van der Waals surface area contributed by atoms with Crippen molar-refractivity contribution in [2.45, 2.75) is 19.0 Å². The first-order chi connectivity index (χ1) is 7.49. The molecule has 1 aromatic rings. The number of hydrogen-bond donors (Lipinski definition) is 1. The predicted molar refractivity (Wildman–Crippen MR) is 55.4 cm³/mol. The van der Waals surface area contributed by atoms with Gasteiger partial charge in [0.15, 0.2) is 0 Å². The molecule has 1 aromatic carbocycles. The van der Waals surface area contributed by atoms with Crippen molar-refractivity contribution in [2.75, 3.05) is 13.7 Å². The molecule has 0 fully saturated rings. The van der Waals surface area contributed by atoms with Gasteiger partial charge in [-0.3, -0.25) is 0 Å². The van der Waals surface area contributed by atoms with E-state index in [-0.39, 0.29) is 5.75 Å². The molecule has 0 aliphatic rings. The summed E-state index contributed by atoms with van der Waals surface area (Å²) in [5, 5.41) is 0. The fraction of sp³-hybridized carbons (Fsp3) is 0.455. The van der Waals surface area contributed by atoms with Crippen molar-refractivity contribution in [3.8, 4) is 5.75 Å². The van der Waals surface area contributed by atoms with E-state index in [1.165, 1.54) is 13.2 Å². The molecule has 0 aromatic heterocycles. The Hall–Kier alpha value is -1.23. The molecule has 90 valence electrons. The summed E-state index contributed by atoms with van der Waals surface area (Å²) in [5.41, 5.74) is 5.20. The van der Waals surface area contributed by atoms with Crippen molar-refractivity contribution < 1.29 is 17.9 Å². The van der Waals surface area contributed by atoms with Crippen LogP contribution in [0.5, 0.6) is 5.75 Å². The first-order valence-electron chi connectivity index (χ1n) is 4.93. The molecule has 0 radical (unpaired) electrons. The predicted octanol–water partition coefficient (Wildman–Crippen LogP) is 2.61. The number of hydrogen-bond acceptors (Lipinski definition) is 2. The van der Waals surface area contributed by atoms with Gasteiger partial charge in [0, 0.05) is 0 Å². The fourth-order valence-electron chi connectivity index (χ4n) is 1.44. The van der Waals surface area contributed by atoms with E-state index in [0.29, 0.717) is 24.9 Å². The molecule has 0 spiro atoms. The Morgan fingerprint density at radius 2 is 2.00 bits per heavy atom. The molecule has 0 atom stereocenters. The topological polar surface area (TPSA) is 35.2 Å². The first-order valence-corrected chi connectivity index (χ1v) is 4.93. The number of benzene rings is 1. The summed E-state index contributed by atoms with van der Waals surface area (Å²) in [6.07, 6.45) is -3.17. The lowest BCUT2D eigenvalue weighted by Gasteiger charge is -2.13. The largest absolute Gasteiger partial charge is 0.496 e. The summed E-state index contributed by atoms with van der Waals surface area (Å²) in [7, 11) is 1.23. The van der Waals surface area contributed by atoms with Gasteiger partial charge in [0.1, 0.15) is 5.75 Å². The lowest BCUT2D eigenvalue weighted by molar-refractivity contribution is -0.138. The summed E-state index contributed by atoms with van der Waals surface area (Å²) >= 11 is 0. The Morgan fingerprint density at radius 1 is 1.31 bits per heavy atom. The highest BCUT2D eigenvalue weighted by Gasteiger charge is 2.34. The highest BCUT2D eigenvalue weighted by atomic mass is 19.4. The maximum Gasteiger partial charge on any atom is 0.419 e. The molecule has 2 N–H and O–H groups in total. The van der Waals surface area contributed by atoms with Gasteiger partial charge in [-0.25, -0.2) is 0 Å². The van der Waals surface area contributed by atoms with Crippen LogP contribution in [0, 0.1) is 0 Å². The Morgan fingerprint density at radius 3 is 2.50 bits per heavy atom. The molecular weight excluding hydrogens is 219 g/mol. The zero-order chi connectivity index (χ0) is 12.2. The van der Waals surface area contributed by atoms with Crippen LogP contribution in [0.3, 0.4) is 0 Å². The number of halogens is 3. The molecule has 0 aliphatic heterocycles. The van der Waals surface area contributed by atoms with Crippen molar-refractivity contribution in [3.63, 3.8) is 0 Å². The molecule has 16 heavy (non-hydrogen) atoms. The number of aryl methyl sites for hydroxylation is 1. The molecular formula is C11H14F3NO. The summed E-state index contributed by atoms with van der Waals surface area (Å²) in [4.78, 5) is 0. The Bertz CT molecular complexity index is 350. The molecule has 0 amide bonds. The number of alkyl halides is 3. The third-order valence-corrected chi connectivity index (χ3v) is 2.24. The SMILES string of the molecule is COc1ccc(CCCN)cc1C(F)(F)F. The lowest BCUT2D eigenvalue weighted by Crippen LogP contribution is -2.08. The van der Waals surface area contributed by atoms with E-state index in [9.17, 15) is 13.2 Å². The zero-order valence-corrected chi connectivity index (χ0v) is 8.97. The molecule has 0 unspecified atom stereocenters. The smallest absolute Gasteiger partial charge is 0.419 e. The van der Waals surface area contributed by atoms with Crippen LogP contribution in [0.15, 0.2) is 18.2 Å². The maximum atomic E-state index is 12.6. The number of methoxy groups -OCH3 is 1. The fourth-order valence-corrected chi connectivity index (χ4v) is 1.44. The second-order valence-electron chi connectivity index (χ2n) is 3.42. The monoisotopic (exact) mass is 233 g/mol. The summed E-state index contributed by atoms with van der Waals surface area (Å²) in [5.74, 6) is -0.149. The highest BCUT2D eigenvalue weighted by Crippen LogP contribution is 2.36. The van der Waals surface area contributed by atoms with Crippen LogP contribution in [0.25, 0.3) is 0 Å². The highest BCUT2D eigenvalue weighted by molar-refractivity contribution is 5.39. The summed E-state index contributed by atoms with van der Waals surface area (Å²) < 4.78 is 42.6. The second kappa shape index (κ2) is 5.21. The third kappa shape index (κ3) is 3.13. The van der Waals surface area contributed by atoms with E-state index in [4.69, 9.17) is 5.73 Å². The second-order valence-corrected chi connectivity index (χ2v) is 3.42. The standard InChI is InChI=1S/C11H14F3NO/c1-16-10-5-4-8(3-2-6-15)7-9(10)11(12,13)14/h4-5,7H,2-3,6,15H2,1H3. The minimum atomic E-state index is -4.38. The van der Waals surface area contributed by atoms with Gasteiger partial charge in [-0.1, -0.05) is 6.07 Å². The van der Waals surface area contributed by atoms with Crippen LogP contribution >= 0.6 is 0 Å². The van der Waals surface area contributed by atoms with Gasteiger partial charge in [-0.05, 0) is 37.1 Å². The molecule has 0 heterocycles. The number of ether oxygens (including phenoxy) is 1. The zero-order valence-electron chi connectivity index (χ0n) is 8.97. The Balaban J connectivity index is 3.02. The van der Waals surface area contributed by atoms with Crippen LogP contribution in [0.1, 0.15) is 17.5 Å². The van der Waals surface area contributed by atoms with E-state index in [1.807, 2.05) is 0 Å². The van der Waals surface area contributed by atoms with Crippen LogP contribution in [-0.2, 0) is 12.6 Å². The minimum absolute atomic E-state index is 0.149. The molecule has 0 bridgehead atoms. The van der Waals surface area contributed by atoms with Gasteiger partial charge in [-0.2, -0.15) is 13.2 Å². The van der Waals surface area contributed by atoms with Crippen LogP contribution in [0.4, 0.5) is 13.2 Å². The molecule has 1 rings (SSSR count). The van der Waals surface area contributed by atoms with Crippen LogP contribution in [0.2, 0.25) is 0 Å². The third-order valence-electron chi connectivity index (χ3n) is 2.24. The average Bonchev–Trinajstić information content (AvgIpc) is 2.24. The normalized spacial score (nSPS) is 11.6. The molecule has 2 nitrogen and oxygen atoms in total. The van der Waals surface area contributed by atoms with Gasteiger partial charge >= 0.3 is 6.18 Å². The Kier molecular flexibility index (Phi) is 4.18. The van der Waals surface area contributed by atoms with Crippen molar-refractivity contribution in [1.82, 2.24) is 0 Å². The van der Waals surface area contributed by atoms with Gasteiger partial charge < -0.3 is 10.5 Å². The average molecular weight is 233 g/mol. The van der Waals surface area contributed by atoms with Crippen LogP contribution < -0.4 is 10.5 Å². The summed E-state index contributed by atoms with van der Waals surface area (Å²) in [6.45, 7) is 0.466. The van der Waals surface area contributed by atoms with Gasteiger partial charge in [0.2, 0.25) is 0 Å². The van der Waals surface area contributed by atoms with Gasteiger partial charge in [0.05, 0.1) is 12.7 Å². The molecule has 5 heteroatoms. The van der Waals surface area contributed by atoms with Gasteiger partial charge in [-0.15, -0.1) is 0 Å².